The number of hydrogen-bond donors (Lipinski definition) is 1. The molecule has 7 nitrogen and oxygen atoms in total. The van der Waals surface area contributed by atoms with E-state index in [9.17, 15) is 18.0 Å². The van der Waals surface area contributed by atoms with Crippen molar-refractivity contribution >= 4 is 33.7 Å². The molecule has 0 radical (unpaired) electrons. The van der Waals surface area contributed by atoms with E-state index >= 15 is 0 Å². The summed E-state index contributed by atoms with van der Waals surface area (Å²) in [6.07, 6.45) is -4.56. The van der Waals surface area contributed by atoms with Crippen LogP contribution in [0.5, 0.6) is 0 Å². The molecule has 3 aromatic heterocycles. The summed E-state index contributed by atoms with van der Waals surface area (Å²) in [7, 11) is 3.05. The van der Waals surface area contributed by atoms with E-state index in [0.29, 0.717) is 39.2 Å². The van der Waals surface area contributed by atoms with Crippen LogP contribution < -0.4 is 5.32 Å². The topological polar surface area (TPSA) is 77.6 Å². The number of aryl methyl sites for hydroxylation is 4. The van der Waals surface area contributed by atoms with Crippen LogP contribution in [0.1, 0.15) is 27.6 Å². The van der Waals surface area contributed by atoms with Crippen molar-refractivity contribution in [2.75, 3.05) is 5.32 Å². The Morgan fingerprint density at radius 3 is 2.52 bits per heavy atom. The molecule has 0 saturated carbocycles. The molecule has 0 unspecified atom stereocenters. The van der Waals surface area contributed by atoms with Crippen LogP contribution in [0, 0.1) is 13.8 Å². The van der Waals surface area contributed by atoms with Gasteiger partial charge in [-0.3, -0.25) is 9.48 Å². The van der Waals surface area contributed by atoms with Gasteiger partial charge in [-0.15, -0.1) is 0 Å². The highest BCUT2D eigenvalue weighted by molar-refractivity contribution is 6.13. The summed E-state index contributed by atoms with van der Waals surface area (Å²) in [5.41, 5.74) is 3.11. The second-order valence-corrected chi connectivity index (χ2v) is 6.87. The Kier molecular flexibility index (Phi) is 4.10. The number of fused-ring (bicyclic) bond motifs is 2. The molecule has 3 heterocycles. The van der Waals surface area contributed by atoms with Gasteiger partial charge in [0.05, 0.1) is 27.7 Å². The fourth-order valence-electron chi connectivity index (χ4n) is 3.48. The fraction of sp³-hybridized carbons (Fsp3) is 0.263. The largest absolute Gasteiger partial charge is 0.449 e. The molecule has 1 aromatic carbocycles. The van der Waals surface area contributed by atoms with Gasteiger partial charge in [0.25, 0.3) is 5.91 Å². The Hall–Kier alpha value is -3.43. The highest BCUT2D eigenvalue weighted by atomic mass is 19.4. The predicted molar refractivity (Wildman–Crippen MR) is 102 cm³/mol. The second kappa shape index (κ2) is 6.29. The average Bonchev–Trinajstić information content (AvgIpc) is 3.11. The zero-order valence-corrected chi connectivity index (χ0v) is 16.1. The zero-order chi connectivity index (χ0) is 21.1. The van der Waals surface area contributed by atoms with E-state index in [1.54, 1.807) is 37.7 Å². The van der Waals surface area contributed by atoms with E-state index in [2.05, 4.69) is 20.4 Å². The lowest BCUT2D eigenvalue weighted by Gasteiger charge is -2.08. The van der Waals surface area contributed by atoms with Crippen molar-refractivity contribution in [3.8, 4) is 0 Å². The molecule has 150 valence electrons. The summed E-state index contributed by atoms with van der Waals surface area (Å²) in [6, 6.07) is 6.12. The number of amides is 1. The number of benzene rings is 1. The first-order chi connectivity index (χ1) is 13.6. The van der Waals surface area contributed by atoms with E-state index in [4.69, 9.17) is 0 Å². The van der Waals surface area contributed by atoms with Crippen LogP contribution in [0.15, 0.2) is 24.3 Å². The van der Waals surface area contributed by atoms with E-state index in [-0.39, 0.29) is 5.52 Å². The van der Waals surface area contributed by atoms with Crippen LogP contribution in [0.25, 0.3) is 22.1 Å². The third-order valence-corrected chi connectivity index (χ3v) is 4.73. The number of rotatable bonds is 2. The van der Waals surface area contributed by atoms with Crippen LogP contribution in [-0.4, -0.2) is 30.2 Å². The van der Waals surface area contributed by atoms with Gasteiger partial charge in [-0.2, -0.15) is 18.3 Å². The molecular formula is C19H17F3N6O. The number of carbonyl (C=O) groups excluding carboxylic acids is 1. The van der Waals surface area contributed by atoms with Crippen molar-refractivity contribution in [2.45, 2.75) is 20.0 Å². The van der Waals surface area contributed by atoms with Crippen LogP contribution in [0.4, 0.5) is 18.9 Å². The maximum atomic E-state index is 13.1. The lowest BCUT2D eigenvalue weighted by atomic mass is 10.1. The molecule has 4 rings (SSSR count). The first-order valence-corrected chi connectivity index (χ1v) is 8.72. The van der Waals surface area contributed by atoms with Crippen molar-refractivity contribution in [2.24, 2.45) is 14.1 Å². The third-order valence-electron chi connectivity index (χ3n) is 4.73. The number of nitrogens with zero attached hydrogens (tertiary/aromatic N) is 5. The highest BCUT2D eigenvalue weighted by Crippen LogP contribution is 2.31. The molecule has 1 N–H and O–H groups in total. The van der Waals surface area contributed by atoms with E-state index in [1.165, 1.54) is 19.2 Å². The molecule has 0 spiro atoms. The molecule has 0 saturated heterocycles. The maximum absolute atomic E-state index is 13.1. The number of carbonyl (C=O) groups is 1. The summed E-state index contributed by atoms with van der Waals surface area (Å²) in [4.78, 5) is 21.0. The van der Waals surface area contributed by atoms with Gasteiger partial charge in [-0.25, -0.2) is 9.97 Å². The molecule has 0 aliphatic carbocycles. The Balaban J connectivity index is 1.74. The number of nitrogens with one attached hydrogen (secondary N) is 1. The summed E-state index contributed by atoms with van der Waals surface area (Å²) in [6.45, 7) is 3.56. The summed E-state index contributed by atoms with van der Waals surface area (Å²) in [5.74, 6) is -1.39. The standard InChI is InChI=1S/C19H17F3N6O/c1-9-7-12(15-10(2)26-28(4)16(15)23-9)17(29)24-11-5-6-14-13(8-11)25-18(27(14)3)19(20,21)22/h5-8H,1-4H3,(H,24,29). The van der Waals surface area contributed by atoms with Crippen molar-refractivity contribution in [3.05, 3.63) is 47.0 Å². The van der Waals surface area contributed by atoms with Gasteiger partial charge in [0.1, 0.15) is 0 Å². The van der Waals surface area contributed by atoms with Crippen LogP contribution >= 0.6 is 0 Å². The number of pyridine rings is 1. The lowest BCUT2D eigenvalue weighted by molar-refractivity contribution is -0.146. The maximum Gasteiger partial charge on any atom is 0.449 e. The minimum Gasteiger partial charge on any atom is -0.323 e. The molecular weight excluding hydrogens is 385 g/mol. The molecule has 0 bridgehead atoms. The molecule has 0 aliphatic heterocycles. The number of aromatic nitrogens is 5. The monoisotopic (exact) mass is 402 g/mol. The average molecular weight is 402 g/mol. The van der Waals surface area contributed by atoms with Gasteiger partial charge >= 0.3 is 6.18 Å². The smallest absolute Gasteiger partial charge is 0.323 e. The Bertz CT molecular complexity index is 1290. The van der Waals surface area contributed by atoms with Gasteiger partial charge < -0.3 is 9.88 Å². The molecule has 4 aromatic rings. The highest BCUT2D eigenvalue weighted by Gasteiger charge is 2.36. The Morgan fingerprint density at radius 2 is 1.83 bits per heavy atom. The van der Waals surface area contributed by atoms with E-state index in [1.807, 2.05) is 0 Å². The molecule has 0 aliphatic rings. The molecule has 1 amide bonds. The molecule has 0 fully saturated rings. The second-order valence-electron chi connectivity index (χ2n) is 6.87. The lowest BCUT2D eigenvalue weighted by Crippen LogP contribution is -2.13. The number of alkyl halides is 3. The zero-order valence-electron chi connectivity index (χ0n) is 16.1. The number of imidazole rings is 1. The quantitative estimate of drug-likeness (QED) is 0.554. The number of anilines is 1. The minimum absolute atomic E-state index is 0.145. The summed E-state index contributed by atoms with van der Waals surface area (Å²) < 4.78 is 41.8. The van der Waals surface area contributed by atoms with Gasteiger partial charge in [0, 0.05) is 25.5 Å². The van der Waals surface area contributed by atoms with Gasteiger partial charge in [-0.1, -0.05) is 0 Å². The van der Waals surface area contributed by atoms with E-state index in [0.717, 1.165) is 4.57 Å². The van der Waals surface area contributed by atoms with Gasteiger partial charge in [0.2, 0.25) is 5.82 Å². The summed E-state index contributed by atoms with van der Waals surface area (Å²) >= 11 is 0. The van der Waals surface area contributed by atoms with Crippen molar-refractivity contribution < 1.29 is 18.0 Å². The first-order valence-electron chi connectivity index (χ1n) is 8.72. The fourth-order valence-corrected chi connectivity index (χ4v) is 3.48. The van der Waals surface area contributed by atoms with Gasteiger partial charge in [-0.05, 0) is 38.1 Å². The number of hydrogen-bond acceptors (Lipinski definition) is 4. The van der Waals surface area contributed by atoms with Crippen LogP contribution in [0.3, 0.4) is 0 Å². The molecule has 29 heavy (non-hydrogen) atoms. The Morgan fingerprint density at radius 1 is 1.10 bits per heavy atom. The van der Waals surface area contributed by atoms with Crippen molar-refractivity contribution in [1.82, 2.24) is 24.3 Å². The minimum atomic E-state index is -4.56. The van der Waals surface area contributed by atoms with Crippen LogP contribution in [-0.2, 0) is 20.3 Å². The molecule has 10 heteroatoms. The van der Waals surface area contributed by atoms with Gasteiger partial charge in [0.15, 0.2) is 5.65 Å². The predicted octanol–water partition coefficient (Wildman–Crippen LogP) is 3.74. The van der Waals surface area contributed by atoms with E-state index < -0.39 is 17.9 Å². The van der Waals surface area contributed by atoms with Crippen molar-refractivity contribution in [3.63, 3.8) is 0 Å². The third kappa shape index (κ3) is 3.10. The first kappa shape index (κ1) is 18.9. The number of halogens is 3. The van der Waals surface area contributed by atoms with Crippen molar-refractivity contribution in [1.29, 1.82) is 0 Å². The SMILES string of the molecule is Cc1cc(C(=O)Nc2ccc3c(c2)nc(C(F)(F)F)n3C)c2c(C)nn(C)c2n1. The van der Waals surface area contributed by atoms with Crippen LogP contribution in [0.2, 0.25) is 0 Å². The summed E-state index contributed by atoms with van der Waals surface area (Å²) in [5, 5.41) is 7.69. The molecule has 0 atom stereocenters. The normalized spacial score (nSPS) is 12.1. The Labute approximate surface area is 163 Å².